The minimum atomic E-state index is 0.00509. The van der Waals surface area contributed by atoms with Gasteiger partial charge < -0.3 is 14.4 Å². The van der Waals surface area contributed by atoms with Crippen molar-refractivity contribution in [2.24, 2.45) is 0 Å². The predicted octanol–water partition coefficient (Wildman–Crippen LogP) is 4.17. The number of hydrogen-bond acceptors (Lipinski definition) is 5. The molecule has 0 unspecified atom stereocenters. The zero-order chi connectivity index (χ0) is 19.3. The molecule has 0 bridgehead atoms. The molecule has 28 heavy (non-hydrogen) atoms. The molecule has 2 aromatic heterocycles. The van der Waals surface area contributed by atoms with Crippen LogP contribution in [-0.2, 0) is 4.74 Å². The van der Waals surface area contributed by atoms with Gasteiger partial charge in [0, 0.05) is 30.2 Å². The zero-order valence-electron chi connectivity index (χ0n) is 16.6. The van der Waals surface area contributed by atoms with Gasteiger partial charge in [-0.1, -0.05) is 0 Å². The first-order valence-corrected chi connectivity index (χ1v) is 10.0. The first-order chi connectivity index (χ1) is 13.5. The van der Waals surface area contributed by atoms with Crippen molar-refractivity contribution in [1.82, 2.24) is 15.2 Å². The van der Waals surface area contributed by atoms with E-state index in [4.69, 9.17) is 9.47 Å². The van der Waals surface area contributed by atoms with Crippen LogP contribution in [0.15, 0.2) is 36.5 Å². The highest BCUT2D eigenvalue weighted by Gasteiger charge is 2.40. The van der Waals surface area contributed by atoms with Gasteiger partial charge in [0.25, 0.3) is 0 Å². The van der Waals surface area contributed by atoms with Crippen molar-refractivity contribution in [2.75, 3.05) is 18.0 Å². The van der Waals surface area contributed by atoms with Gasteiger partial charge in [0.15, 0.2) is 0 Å². The summed E-state index contributed by atoms with van der Waals surface area (Å²) in [4.78, 5) is 6.90. The summed E-state index contributed by atoms with van der Waals surface area (Å²) in [5.41, 5.74) is 3.00. The number of fused-ring (bicyclic) bond motifs is 1. The van der Waals surface area contributed by atoms with Crippen LogP contribution in [0.25, 0.3) is 22.2 Å². The Morgan fingerprint density at radius 3 is 2.68 bits per heavy atom. The van der Waals surface area contributed by atoms with E-state index in [9.17, 15) is 0 Å². The van der Waals surface area contributed by atoms with Crippen LogP contribution in [0.4, 0.5) is 5.82 Å². The molecule has 2 fully saturated rings. The quantitative estimate of drug-likeness (QED) is 0.738. The normalized spacial score (nSPS) is 23.8. The number of H-pyrrole nitrogens is 1. The third-order valence-corrected chi connectivity index (χ3v) is 5.62. The molecular weight excluding hydrogens is 352 g/mol. The van der Waals surface area contributed by atoms with E-state index in [0.29, 0.717) is 0 Å². The first-order valence-electron chi connectivity index (χ1n) is 10.0. The molecule has 2 aliphatic rings. The number of anilines is 1. The highest BCUT2D eigenvalue weighted by atomic mass is 16.5. The van der Waals surface area contributed by atoms with E-state index in [1.54, 1.807) is 0 Å². The minimum Gasteiger partial charge on any atom is -0.488 e. The number of morpholine rings is 1. The molecule has 1 saturated carbocycles. The maximum absolute atomic E-state index is 6.15. The monoisotopic (exact) mass is 378 g/mol. The van der Waals surface area contributed by atoms with E-state index in [-0.39, 0.29) is 17.8 Å². The summed E-state index contributed by atoms with van der Waals surface area (Å²) in [7, 11) is 0. The molecule has 5 rings (SSSR count). The lowest BCUT2D eigenvalue weighted by atomic mass is 10.1. The van der Waals surface area contributed by atoms with Gasteiger partial charge in [-0.15, -0.1) is 0 Å². The summed E-state index contributed by atoms with van der Waals surface area (Å²) < 4.78 is 12.0. The Hall–Kier alpha value is -2.60. The molecular formula is C22H26N4O2. The van der Waals surface area contributed by atoms with Crippen molar-refractivity contribution in [3.05, 3.63) is 36.5 Å². The van der Waals surface area contributed by atoms with Gasteiger partial charge in [-0.25, -0.2) is 4.98 Å². The average Bonchev–Trinajstić information content (AvgIpc) is 3.24. The third-order valence-electron chi connectivity index (χ3n) is 5.62. The summed E-state index contributed by atoms with van der Waals surface area (Å²) in [5.74, 6) is 1.87. The molecule has 146 valence electrons. The lowest BCUT2D eigenvalue weighted by Crippen LogP contribution is -2.45. The number of aromatic nitrogens is 3. The Morgan fingerprint density at radius 1 is 1.14 bits per heavy atom. The molecule has 1 aliphatic carbocycles. The standard InChI is InChI=1S/C22H26N4O2/c1-14-12-26(13-15(2)27-14)20-10-16(6-9-23-20)21-18-11-17(28-22(3)7-8-22)4-5-19(18)24-25-21/h4-6,9-11,14-15H,7-8,12-13H2,1-3H3,(H,24,25)/t14-,15+. The number of pyridine rings is 1. The van der Waals surface area contributed by atoms with E-state index in [2.05, 4.69) is 53.0 Å². The van der Waals surface area contributed by atoms with E-state index in [1.165, 1.54) is 0 Å². The molecule has 1 aromatic carbocycles. The first kappa shape index (κ1) is 17.5. The number of nitrogens with one attached hydrogen (secondary N) is 1. The van der Waals surface area contributed by atoms with E-state index < -0.39 is 0 Å². The average molecular weight is 378 g/mol. The fraction of sp³-hybridized carbons (Fsp3) is 0.455. The molecule has 0 spiro atoms. The number of benzene rings is 1. The van der Waals surface area contributed by atoms with Crippen molar-refractivity contribution < 1.29 is 9.47 Å². The summed E-state index contributed by atoms with van der Waals surface area (Å²) in [6.45, 7) is 8.07. The van der Waals surface area contributed by atoms with Crippen molar-refractivity contribution in [3.63, 3.8) is 0 Å². The topological polar surface area (TPSA) is 63.3 Å². The second-order valence-electron chi connectivity index (χ2n) is 8.40. The van der Waals surface area contributed by atoms with Gasteiger partial charge in [-0.2, -0.15) is 5.10 Å². The fourth-order valence-corrected chi connectivity index (χ4v) is 3.94. The zero-order valence-corrected chi connectivity index (χ0v) is 16.6. The third kappa shape index (κ3) is 3.33. The summed E-state index contributed by atoms with van der Waals surface area (Å²) in [5, 5.41) is 8.80. The highest BCUT2D eigenvalue weighted by Crippen LogP contribution is 2.40. The summed E-state index contributed by atoms with van der Waals surface area (Å²) in [6.07, 6.45) is 4.50. The molecule has 1 saturated heterocycles. The Morgan fingerprint density at radius 2 is 1.93 bits per heavy atom. The van der Waals surface area contributed by atoms with Crippen LogP contribution >= 0.6 is 0 Å². The van der Waals surface area contributed by atoms with Crippen LogP contribution in [-0.4, -0.2) is 46.1 Å². The lowest BCUT2D eigenvalue weighted by Gasteiger charge is -2.36. The molecule has 2 atom stereocenters. The molecule has 3 aromatic rings. The number of hydrogen-bond donors (Lipinski definition) is 1. The number of nitrogens with zero attached hydrogens (tertiary/aromatic N) is 3. The summed E-state index contributed by atoms with van der Waals surface area (Å²) >= 11 is 0. The minimum absolute atomic E-state index is 0.00509. The van der Waals surface area contributed by atoms with E-state index in [0.717, 1.165) is 59.7 Å². The molecule has 0 radical (unpaired) electrons. The van der Waals surface area contributed by atoms with Crippen molar-refractivity contribution in [1.29, 1.82) is 0 Å². The maximum Gasteiger partial charge on any atom is 0.129 e. The molecule has 6 nitrogen and oxygen atoms in total. The van der Waals surface area contributed by atoms with Gasteiger partial charge in [0.05, 0.1) is 17.7 Å². The van der Waals surface area contributed by atoms with Gasteiger partial charge in [-0.3, -0.25) is 5.10 Å². The van der Waals surface area contributed by atoms with Gasteiger partial charge in [0.2, 0.25) is 0 Å². The largest absolute Gasteiger partial charge is 0.488 e. The smallest absolute Gasteiger partial charge is 0.129 e. The van der Waals surface area contributed by atoms with Crippen LogP contribution in [0, 0.1) is 0 Å². The lowest BCUT2D eigenvalue weighted by molar-refractivity contribution is -0.00545. The second kappa shape index (κ2) is 6.48. The Balaban J connectivity index is 1.49. The van der Waals surface area contributed by atoms with Gasteiger partial charge in [-0.05, 0) is 63.9 Å². The number of ether oxygens (including phenoxy) is 2. The van der Waals surface area contributed by atoms with Crippen LogP contribution in [0.3, 0.4) is 0 Å². The molecule has 1 aliphatic heterocycles. The molecule has 0 amide bonds. The van der Waals surface area contributed by atoms with E-state index >= 15 is 0 Å². The number of aromatic amines is 1. The molecule has 1 N–H and O–H groups in total. The van der Waals surface area contributed by atoms with Crippen molar-refractivity contribution in [2.45, 2.75) is 51.4 Å². The Bertz CT molecular complexity index is 1000. The molecule has 6 heteroatoms. The SMILES string of the molecule is C[C@@H]1CN(c2cc(-c3n[nH]c4ccc(OC5(C)CC5)cc34)ccn2)C[C@H](C)O1. The maximum atomic E-state index is 6.15. The second-order valence-corrected chi connectivity index (χ2v) is 8.40. The number of rotatable bonds is 4. The molecule has 3 heterocycles. The van der Waals surface area contributed by atoms with Crippen LogP contribution < -0.4 is 9.64 Å². The van der Waals surface area contributed by atoms with Crippen LogP contribution in [0.2, 0.25) is 0 Å². The Labute approximate surface area is 164 Å². The predicted molar refractivity (Wildman–Crippen MR) is 110 cm³/mol. The van der Waals surface area contributed by atoms with Gasteiger partial charge >= 0.3 is 0 Å². The van der Waals surface area contributed by atoms with Gasteiger partial charge in [0.1, 0.15) is 22.9 Å². The highest BCUT2D eigenvalue weighted by molar-refractivity contribution is 5.94. The van der Waals surface area contributed by atoms with E-state index in [1.807, 2.05) is 24.4 Å². The van der Waals surface area contributed by atoms with Crippen LogP contribution in [0.1, 0.15) is 33.6 Å². The Kier molecular flexibility index (Phi) is 4.05. The van der Waals surface area contributed by atoms with Crippen molar-refractivity contribution in [3.8, 4) is 17.0 Å². The summed E-state index contributed by atoms with van der Waals surface area (Å²) in [6, 6.07) is 10.3. The van der Waals surface area contributed by atoms with Crippen LogP contribution in [0.5, 0.6) is 5.75 Å². The fourth-order valence-electron chi connectivity index (χ4n) is 3.94. The van der Waals surface area contributed by atoms with Crippen molar-refractivity contribution >= 4 is 16.7 Å².